The van der Waals surface area contributed by atoms with E-state index in [1.54, 1.807) is 0 Å². The second-order valence-corrected chi connectivity index (χ2v) is 3.99. The molecule has 1 N–H and O–H groups in total. The first-order chi connectivity index (χ1) is 7.27. The van der Waals surface area contributed by atoms with Crippen molar-refractivity contribution in [2.75, 3.05) is 33.3 Å². The van der Waals surface area contributed by atoms with E-state index in [-0.39, 0.29) is 12.0 Å². The smallest absolute Gasteiger partial charge is 0.324 e. The highest BCUT2D eigenvalue weighted by atomic mass is 16.5. The molecule has 0 amide bonds. The number of piperidine rings is 1. The Bertz CT molecular complexity index is 191. The zero-order valence-electron chi connectivity index (χ0n) is 9.79. The van der Waals surface area contributed by atoms with E-state index in [0.717, 1.165) is 26.2 Å². The van der Waals surface area contributed by atoms with Gasteiger partial charge in [-0.1, -0.05) is 13.3 Å². The Morgan fingerprint density at radius 1 is 1.40 bits per heavy atom. The second kappa shape index (κ2) is 6.80. The molecule has 1 unspecified atom stereocenters. The Morgan fingerprint density at radius 3 is 2.60 bits per heavy atom. The van der Waals surface area contributed by atoms with Crippen molar-refractivity contribution in [1.82, 2.24) is 10.2 Å². The predicted molar refractivity (Wildman–Crippen MR) is 59.8 cm³/mol. The highest BCUT2D eigenvalue weighted by Gasteiger charge is 2.22. The van der Waals surface area contributed by atoms with Crippen molar-refractivity contribution >= 4 is 5.97 Å². The molecule has 0 aromatic rings. The van der Waals surface area contributed by atoms with Crippen LogP contribution in [0.4, 0.5) is 0 Å². The summed E-state index contributed by atoms with van der Waals surface area (Å²) in [6.45, 7) is 5.80. The van der Waals surface area contributed by atoms with E-state index in [1.807, 2.05) is 6.92 Å². The van der Waals surface area contributed by atoms with Gasteiger partial charge in [0.2, 0.25) is 0 Å². The lowest BCUT2D eigenvalue weighted by molar-refractivity contribution is -0.143. The summed E-state index contributed by atoms with van der Waals surface area (Å²) in [4.78, 5) is 13.8. The van der Waals surface area contributed by atoms with Crippen LogP contribution in [0.25, 0.3) is 0 Å². The molecule has 0 radical (unpaired) electrons. The number of esters is 1. The number of rotatable bonds is 5. The molecule has 1 aliphatic rings. The van der Waals surface area contributed by atoms with Gasteiger partial charge in [0.1, 0.15) is 6.04 Å². The van der Waals surface area contributed by atoms with Crippen LogP contribution in [-0.4, -0.2) is 50.2 Å². The largest absolute Gasteiger partial charge is 0.468 e. The van der Waals surface area contributed by atoms with E-state index < -0.39 is 0 Å². The molecule has 4 heteroatoms. The lowest BCUT2D eigenvalue weighted by Gasteiger charge is -2.29. The number of methoxy groups -OCH3 is 1. The van der Waals surface area contributed by atoms with Crippen molar-refractivity contribution in [3.05, 3.63) is 0 Å². The van der Waals surface area contributed by atoms with E-state index in [9.17, 15) is 4.79 Å². The quantitative estimate of drug-likeness (QED) is 0.681. The molecule has 0 aromatic heterocycles. The number of carbonyl (C=O) groups excluding carboxylic acids is 1. The molecule has 15 heavy (non-hydrogen) atoms. The third kappa shape index (κ3) is 4.18. The van der Waals surface area contributed by atoms with E-state index in [4.69, 9.17) is 4.74 Å². The van der Waals surface area contributed by atoms with Crippen LogP contribution < -0.4 is 5.32 Å². The van der Waals surface area contributed by atoms with Crippen LogP contribution in [0.5, 0.6) is 0 Å². The van der Waals surface area contributed by atoms with Gasteiger partial charge in [-0.2, -0.15) is 0 Å². The van der Waals surface area contributed by atoms with Gasteiger partial charge in [0.05, 0.1) is 7.11 Å². The fourth-order valence-electron chi connectivity index (χ4n) is 2.01. The molecule has 0 bridgehead atoms. The standard InChI is InChI=1S/C11H22N2O2/c1-3-12-10(11(14)15-2)9-13-7-5-4-6-8-13/h10,12H,3-9H2,1-2H3. The SMILES string of the molecule is CCNC(CN1CCCCC1)C(=O)OC. The molecule has 1 aliphatic heterocycles. The van der Waals surface area contributed by atoms with Gasteiger partial charge in [0.15, 0.2) is 0 Å². The summed E-state index contributed by atoms with van der Waals surface area (Å²) < 4.78 is 4.78. The molecule has 4 nitrogen and oxygen atoms in total. The predicted octanol–water partition coefficient (Wildman–Crippen LogP) is 0.623. The topological polar surface area (TPSA) is 41.6 Å². The zero-order chi connectivity index (χ0) is 11.1. The van der Waals surface area contributed by atoms with Crippen molar-refractivity contribution in [3.63, 3.8) is 0 Å². The highest BCUT2D eigenvalue weighted by molar-refractivity contribution is 5.75. The fraction of sp³-hybridized carbons (Fsp3) is 0.909. The van der Waals surface area contributed by atoms with Gasteiger partial charge >= 0.3 is 5.97 Å². The highest BCUT2D eigenvalue weighted by Crippen LogP contribution is 2.09. The van der Waals surface area contributed by atoms with Gasteiger partial charge in [0.25, 0.3) is 0 Å². The van der Waals surface area contributed by atoms with E-state index >= 15 is 0 Å². The van der Waals surface area contributed by atoms with E-state index in [0.29, 0.717) is 0 Å². The molecule has 0 spiro atoms. The van der Waals surface area contributed by atoms with Crippen LogP contribution >= 0.6 is 0 Å². The molecule has 0 aliphatic carbocycles. The maximum Gasteiger partial charge on any atom is 0.324 e. The average Bonchev–Trinajstić information content (AvgIpc) is 2.29. The van der Waals surface area contributed by atoms with E-state index in [1.165, 1.54) is 26.4 Å². The molecule has 1 saturated heterocycles. The first kappa shape index (κ1) is 12.5. The summed E-state index contributed by atoms with van der Waals surface area (Å²) in [7, 11) is 1.45. The summed E-state index contributed by atoms with van der Waals surface area (Å²) in [5.74, 6) is -0.151. The Hall–Kier alpha value is -0.610. The van der Waals surface area contributed by atoms with Crippen LogP contribution in [0.2, 0.25) is 0 Å². The lowest BCUT2D eigenvalue weighted by atomic mass is 10.1. The van der Waals surface area contributed by atoms with Gasteiger partial charge in [-0.3, -0.25) is 4.79 Å². The normalized spacial score (nSPS) is 19.9. The molecule has 1 rings (SSSR count). The van der Waals surface area contributed by atoms with Crippen LogP contribution in [0.3, 0.4) is 0 Å². The van der Waals surface area contributed by atoms with Crippen LogP contribution in [0, 0.1) is 0 Å². The minimum Gasteiger partial charge on any atom is -0.468 e. The number of likely N-dealkylation sites (tertiary alicyclic amines) is 1. The minimum atomic E-state index is -0.168. The van der Waals surface area contributed by atoms with Crippen molar-refractivity contribution in [1.29, 1.82) is 0 Å². The van der Waals surface area contributed by atoms with Gasteiger partial charge < -0.3 is 15.0 Å². The van der Waals surface area contributed by atoms with Gasteiger partial charge in [-0.25, -0.2) is 0 Å². The summed E-state index contributed by atoms with van der Waals surface area (Å²) in [5, 5.41) is 3.16. The monoisotopic (exact) mass is 214 g/mol. The number of ether oxygens (including phenoxy) is 1. The van der Waals surface area contributed by atoms with Crippen molar-refractivity contribution in [2.24, 2.45) is 0 Å². The molecule has 1 fully saturated rings. The summed E-state index contributed by atoms with van der Waals surface area (Å²) in [6, 6.07) is -0.168. The number of nitrogens with one attached hydrogen (secondary N) is 1. The van der Waals surface area contributed by atoms with E-state index in [2.05, 4.69) is 10.2 Å². The average molecular weight is 214 g/mol. The first-order valence-electron chi connectivity index (χ1n) is 5.81. The number of nitrogens with zero attached hydrogens (tertiary/aromatic N) is 1. The van der Waals surface area contributed by atoms with Crippen LogP contribution in [-0.2, 0) is 9.53 Å². The number of carbonyl (C=O) groups is 1. The lowest BCUT2D eigenvalue weighted by Crippen LogP contribution is -2.47. The summed E-state index contributed by atoms with van der Waals surface area (Å²) in [5.41, 5.74) is 0. The Balaban J connectivity index is 2.38. The Morgan fingerprint density at radius 2 is 2.07 bits per heavy atom. The van der Waals surface area contributed by atoms with Crippen LogP contribution in [0.15, 0.2) is 0 Å². The Kier molecular flexibility index (Phi) is 5.65. The molecule has 1 heterocycles. The summed E-state index contributed by atoms with van der Waals surface area (Å²) >= 11 is 0. The fourth-order valence-corrected chi connectivity index (χ4v) is 2.01. The molecule has 0 aromatic carbocycles. The maximum absolute atomic E-state index is 11.5. The van der Waals surface area contributed by atoms with Crippen molar-refractivity contribution in [3.8, 4) is 0 Å². The Labute approximate surface area is 92.0 Å². The molecular formula is C11H22N2O2. The van der Waals surface area contributed by atoms with Gasteiger partial charge in [0, 0.05) is 6.54 Å². The molecular weight excluding hydrogens is 192 g/mol. The van der Waals surface area contributed by atoms with Crippen molar-refractivity contribution < 1.29 is 9.53 Å². The number of hydrogen-bond donors (Lipinski definition) is 1. The number of likely N-dealkylation sites (N-methyl/N-ethyl adjacent to an activating group) is 1. The molecule has 1 atom stereocenters. The second-order valence-electron chi connectivity index (χ2n) is 3.99. The molecule has 88 valence electrons. The maximum atomic E-state index is 11.5. The van der Waals surface area contributed by atoms with Crippen LogP contribution in [0.1, 0.15) is 26.2 Å². The molecule has 0 saturated carbocycles. The van der Waals surface area contributed by atoms with Gasteiger partial charge in [-0.05, 0) is 32.5 Å². The summed E-state index contributed by atoms with van der Waals surface area (Å²) in [6.07, 6.45) is 3.82. The minimum absolute atomic E-state index is 0.151. The number of hydrogen-bond acceptors (Lipinski definition) is 4. The third-order valence-corrected chi connectivity index (χ3v) is 2.83. The van der Waals surface area contributed by atoms with Gasteiger partial charge in [-0.15, -0.1) is 0 Å². The van der Waals surface area contributed by atoms with Crippen molar-refractivity contribution in [2.45, 2.75) is 32.2 Å². The zero-order valence-corrected chi connectivity index (χ0v) is 9.79. The first-order valence-corrected chi connectivity index (χ1v) is 5.81. The third-order valence-electron chi connectivity index (χ3n) is 2.83.